The Hall–Kier alpha value is -0.570. The van der Waals surface area contributed by atoms with E-state index in [1.165, 1.54) is 0 Å². The Kier molecular flexibility index (Phi) is 4.11. The van der Waals surface area contributed by atoms with Gasteiger partial charge in [0.1, 0.15) is 0 Å². The minimum absolute atomic E-state index is 0.204. The van der Waals surface area contributed by atoms with E-state index in [2.05, 4.69) is 5.32 Å². The molecule has 0 bridgehead atoms. The molecule has 1 heterocycles. The van der Waals surface area contributed by atoms with E-state index < -0.39 is 5.60 Å². The maximum absolute atomic E-state index is 10.1. The average Bonchev–Trinajstić information content (AvgIpc) is 2.12. The van der Waals surface area contributed by atoms with E-state index >= 15 is 0 Å². The first-order valence-corrected chi connectivity index (χ1v) is 3.88. The van der Waals surface area contributed by atoms with Crippen molar-refractivity contribution in [3.8, 4) is 0 Å². The van der Waals surface area contributed by atoms with Crippen LogP contribution in [-0.4, -0.2) is 23.2 Å². The van der Waals surface area contributed by atoms with E-state index in [9.17, 15) is 4.79 Å². The minimum atomic E-state index is -0.500. The molecule has 0 radical (unpaired) electrons. The van der Waals surface area contributed by atoms with E-state index in [-0.39, 0.29) is 5.91 Å². The number of amides is 1. The summed E-state index contributed by atoms with van der Waals surface area (Å²) in [7, 11) is 0. The molecule has 0 aromatic carbocycles. The maximum atomic E-state index is 10.1. The molecular weight excluding hydrogens is 142 g/mol. The Balaban J connectivity index is 0.000000187. The predicted octanol–water partition coefficient (Wildman–Crippen LogP) is 0.674. The molecule has 1 fully saturated rings. The van der Waals surface area contributed by atoms with E-state index in [4.69, 9.17) is 5.11 Å². The summed E-state index contributed by atoms with van der Waals surface area (Å²) in [6.45, 7) is 6.12. The van der Waals surface area contributed by atoms with E-state index in [0.717, 1.165) is 19.4 Å². The molecule has 3 heteroatoms. The molecule has 2 N–H and O–H groups in total. The van der Waals surface area contributed by atoms with Gasteiger partial charge in [-0.05, 0) is 27.2 Å². The van der Waals surface area contributed by atoms with Crippen molar-refractivity contribution in [1.82, 2.24) is 5.32 Å². The van der Waals surface area contributed by atoms with Gasteiger partial charge >= 0.3 is 0 Å². The first kappa shape index (κ1) is 10.4. The Bertz CT molecular complexity index is 113. The zero-order chi connectivity index (χ0) is 8.91. The Labute approximate surface area is 67.8 Å². The average molecular weight is 159 g/mol. The van der Waals surface area contributed by atoms with Crippen LogP contribution in [0.4, 0.5) is 0 Å². The number of aliphatic hydroxyl groups is 1. The van der Waals surface area contributed by atoms with Gasteiger partial charge in [0.2, 0.25) is 5.91 Å². The number of carbonyl (C=O) groups excluding carboxylic acids is 1. The highest BCUT2D eigenvalue weighted by atomic mass is 16.3. The second-order valence-corrected chi connectivity index (χ2v) is 3.62. The highest BCUT2D eigenvalue weighted by Gasteiger charge is 2.05. The molecule has 0 aliphatic carbocycles. The summed E-state index contributed by atoms with van der Waals surface area (Å²) in [6.07, 6.45) is 1.76. The smallest absolute Gasteiger partial charge is 0.220 e. The largest absolute Gasteiger partial charge is 0.391 e. The summed E-state index contributed by atoms with van der Waals surface area (Å²) < 4.78 is 0. The molecule has 1 saturated heterocycles. The molecule has 11 heavy (non-hydrogen) atoms. The molecule has 3 nitrogen and oxygen atoms in total. The number of hydrogen-bond acceptors (Lipinski definition) is 2. The summed E-state index contributed by atoms with van der Waals surface area (Å²) in [6, 6.07) is 0. The van der Waals surface area contributed by atoms with Crippen LogP contribution in [0.25, 0.3) is 0 Å². The summed E-state index contributed by atoms with van der Waals surface area (Å²) >= 11 is 0. The minimum Gasteiger partial charge on any atom is -0.391 e. The van der Waals surface area contributed by atoms with Gasteiger partial charge in [-0.25, -0.2) is 0 Å². The van der Waals surface area contributed by atoms with Crippen LogP contribution in [0.2, 0.25) is 0 Å². The number of carbonyl (C=O) groups is 1. The van der Waals surface area contributed by atoms with Crippen molar-refractivity contribution in [2.24, 2.45) is 0 Å². The molecule has 0 aromatic rings. The van der Waals surface area contributed by atoms with Gasteiger partial charge in [0.25, 0.3) is 0 Å². The number of hydrogen-bond donors (Lipinski definition) is 2. The monoisotopic (exact) mass is 159 g/mol. The third-order valence-electron chi connectivity index (χ3n) is 0.903. The normalized spacial score (nSPS) is 16.9. The lowest BCUT2D eigenvalue weighted by Gasteiger charge is -2.04. The van der Waals surface area contributed by atoms with Gasteiger partial charge in [0.05, 0.1) is 5.60 Å². The van der Waals surface area contributed by atoms with Crippen LogP contribution < -0.4 is 5.32 Å². The molecule has 1 aliphatic heterocycles. The second-order valence-electron chi connectivity index (χ2n) is 3.62. The van der Waals surface area contributed by atoms with Gasteiger partial charge in [0.15, 0.2) is 0 Å². The Morgan fingerprint density at radius 3 is 2.00 bits per heavy atom. The first-order valence-electron chi connectivity index (χ1n) is 3.88. The lowest BCUT2D eigenvalue weighted by atomic mass is 10.2. The summed E-state index contributed by atoms with van der Waals surface area (Å²) in [5.74, 6) is 0.204. The Morgan fingerprint density at radius 1 is 1.45 bits per heavy atom. The van der Waals surface area contributed by atoms with Crippen molar-refractivity contribution in [3.05, 3.63) is 0 Å². The molecular formula is C8H17NO2. The summed E-state index contributed by atoms with van der Waals surface area (Å²) in [5.41, 5.74) is -0.500. The Morgan fingerprint density at radius 2 is 1.91 bits per heavy atom. The SMILES string of the molecule is CC(C)(C)O.O=C1CCCN1. The van der Waals surface area contributed by atoms with Crippen LogP contribution in [0.3, 0.4) is 0 Å². The fourth-order valence-electron chi connectivity index (χ4n) is 0.565. The van der Waals surface area contributed by atoms with Gasteiger partial charge < -0.3 is 10.4 Å². The van der Waals surface area contributed by atoms with Gasteiger partial charge in [-0.15, -0.1) is 0 Å². The van der Waals surface area contributed by atoms with E-state index in [1.54, 1.807) is 20.8 Å². The molecule has 1 rings (SSSR count). The van der Waals surface area contributed by atoms with Crippen molar-refractivity contribution in [3.63, 3.8) is 0 Å². The van der Waals surface area contributed by atoms with Crippen molar-refractivity contribution in [2.75, 3.05) is 6.54 Å². The number of nitrogens with one attached hydrogen (secondary N) is 1. The highest BCUT2D eigenvalue weighted by Crippen LogP contribution is 1.93. The molecule has 1 amide bonds. The standard InChI is InChI=1S/C4H7NO.C4H10O/c6-4-2-1-3-5-4;1-4(2,3)5/h1-3H2,(H,5,6);5H,1-3H3. The highest BCUT2D eigenvalue weighted by molar-refractivity contribution is 5.77. The predicted molar refractivity (Wildman–Crippen MR) is 44.2 cm³/mol. The van der Waals surface area contributed by atoms with Crippen molar-refractivity contribution < 1.29 is 9.90 Å². The molecule has 1 aliphatic rings. The zero-order valence-corrected chi connectivity index (χ0v) is 7.48. The van der Waals surface area contributed by atoms with Crippen LogP contribution in [0.5, 0.6) is 0 Å². The van der Waals surface area contributed by atoms with Crippen molar-refractivity contribution in [2.45, 2.75) is 39.2 Å². The third-order valence-corrected chi connectivity index (χ3v) is 0.903. The van der Waals surface area contributed by atoms with Crippen LogP contribution in [0, 0.1) is 0 Å². The molecule has 0 atom stereocenters. The molecule has 0 aromatic heterocycles. The lowest BCUT2D eigenvalue weighted by Crippen LogP contribution is -2.12. The molecule has 0 spiro atoms. The fourth-order valence-corrected chi connectivity index (χ4v) is 0.565. The lowest BCUT2D eigenvalue weighted by molar-refractivity contribution is -0.119. The zero-order valence-electron chi connectivity index (χ0n) is 7.48. The van der Waals surface area contributed by atoms with Crippen LogP contribution in [0.15, 0.2) is 0 Å². The van der Waals surface area contributed by atoms with Gasteiger partial charge in [-0.3, -0.25) is 4.79 Å². The summed E-state index contributed by atoms with van der Waals surface area (Å²) in [5, 5.41) is 11.2. The fraction of sp³-hybridized carbons (Fsp3) is 0.875. The first-order chi connectivity index (χ1) is 4.89. The third kappa shape index (κ3) is 12.6. The van der Waals surface area contributed by atoms with Crippen molar-refractivity contribution in [1.29, 1.82) is 0 Å². The van der Waals surface area contributed by atoms with Gasteiger partial charge in [-0.2, -0.15) is 0 Å². The van der Waals surface area contributed by atoms with Crippen LogP contribution in [-0.2, 0) is 4.79 Å². The van der Waals surface area contributed by atoms with Gasteiger partial charge in [-0.1, -0.05) is 0 Å². The molecule has 0 unspecified atom stereocenters. The van der Waals surface area contributed by atoms with E-state index in [1.807, 2.05) is 0 Å². The second kappa shape index (κ2) is 4.34. The summed E-state index contributed by atoms with van der Waals surface area (Å²) in [4.78, 5) is 10.1. The topological polar surface area (TPSA) is 49.3 Å². The van der Waals surface area contributed by atoms with Crippen LogP contribution >= 0.6 is 0 Å². The molecule has 66 valence electrons. The van der Waals surface area contributed by atoms with Crippen LogP contribution in [0.1, 0.15) is 33.6 Å². The number of rotatable bonds is 0. The molecule has 0 saturated carbocycles. The van der Waals surface area contributed by atoms with E-state index in [0.29, 0.717) is 0 Å². The maximum Gasteiger partial charge on any atom is 0.220 e. The van der Waals surface area contributed by atoms with Gasteiger partial charge in [0, 0.05) is 13.0 Å². The quantitative estimate of drug-likeness (QED) is 0.546. The van der Waals surface area contributed by atoms with Crippen molar-refractivity contribution >= 4 is 5.91 Å².